The summed E-state index contributed by atoms with van der Waals surface area (Å²) in [4.78, 5) is 11.8. The van der Waals surface area contributed by atoms with Crippen molar-refractivity contribution in [3.05, 3.63) is 0 Å². The fraction of sp³-hybridized carbons (Fsp3) is 0.923. The lowest BCUT2D eigenvalue weighted by Crippen LogP contribution is -2.40. The second-order valence-electron chi connectivity index (χ2n) is 5.27. The maximum Gasteiger partial charge on any atom is 0.337 e. The van der Waals surface area contributed by atoms with Gasteiger partial charge in [0.2, 0.25) is 0 Å². The predicted molar refractivity (Wildman–Crippen MR) is 66.9 cm³/mol. The molecule has 102 valence electrons. The molecule has 0 aliphatic rings. The van der Waals surface area contributed by atoms with E-state index in [-0.39, 0.29) is 30.9 Å². The molecule has 0 saturated carbocycles. The van der Waals surface area contributed by atoms with Gasteiger partial charge < -0.3 is 14.2 Å². The fourth-order valence-electron chi connectivity index (χ4n) is 1.51. The molecule has 0 heterocycles. The quantitative estimate of drug-likeness (QED) is 0.648. The first kappa shape index (κ1) is 16.4. The lowest BCUT2D eigenvalue weighted by molar-refractivity contribution is -0.176. The SMILES string of the molecule is CC(C)OC(C)COC(=O)C(C)(C)OC(C)C. The summed E-state index contributed by atoms with van der Waals surface area (Å²) in [7, 11) is 0. The fourth-order valence-corrected chi connectivity index (χ4v) is 1.51. The van der Waals surface area contributed by atoms with Gasteiger partial charge >= 0.3 is 5.97 Å². The van der Waals surface area contributed by atoms with Crippen molar-refractivity contribution in [3.8, 4) is 0 Å². The Morgan fingerprint density at radius 1 is 1.06 bits per heavy atom. The van der Waals surface area contributed by atoms with E-state index in [9.17, 15) is 4.79 Å². The molecule has 0 bridgehead atoms. The van der Waals surface area contributed by atoms with Crippen LogP contribution in [0.15, 0.2) is 0 Å². The third kappa shape index (κ3) is 7.34. The van der Waals surface area contributed by atoms with Gasteiger partial charge in [-0.25, -0.2) is 4.79 Å². The second-order valence-corrected chi connectivity index (χ2v) is 5.27. The van der Waals surface area contributed by atoms with E-state index in [0.717, 1.165) is 0 Å². The molecule has 0 aliphatic carbocycles. The van der Waals surface area contributed by atoms with Crippen LogP contribution in [0.4, 0.5) is 0 Å². The number of ether oxygens (including phenoxy) is 3. The maximum atomic E-state index is 11.8. The molecule has 0 aliphatic heterocycles. The van der Waals surface area contributed by atoms with Crippen LogP contribution in [-0.2, 0) is 19.0 Å². The molecule has 0 saturated heterocycles. The summed E-state index contributed by atoms with van der Waals surface area (Å²) >= 11 is 0. The first-order chi connectivity index (χ1) is 7.65. The van der Waals surface area contributed by atoms with Crippen LogP contribution in [0.3, 0.4) is 0 Å². The standard InChI is InChI=1S/C13H26O4/c1-9(2)16-11(5)8-15-12(14)13(6,7)17-10(3)4/h9-11H,8H2,1-7H3. The van der Waals surface area contributed by atoms with Crippen LogP contribution in [0.25, 0.3) is 0 Å². The minimum atomic E-state index is -0.911. The average Bonchev–Trinajstić information content (AvgIpc) is 2.10. The lowest BCUT2D eigenvalue weighted by Gasteiger charge is -2.26. The molecule has 4 heteroatoms. The van der Waals surface area contributed by atoms with Crippen molar-refractivity contribution in [2.75, 3.05) is 6.61 Å². The Balaban J connectivity index is 4.08. The molecule has 0 amide bonds. The van der Waals surface area contributed by atoms with Crippen molar-refractivity contribution in [2.24, 2.45) is 0 Å². The number of carbonyl (C=O) groups is 1. The van der Waals surface area contributed by atoms with Gasteiger partial charge in [-0.2, -0.15) is 0 Å². The van der Waals surface area contributed by atoms with Crippen LogP contribution in [0, 0.1) is 0 Å². The molecule has 0 aromatic carbocycles. The summed E-state index contributed by atoms with van der Waals surface area (Å²) < 4.78 is 16.2. The van der Waals surface area contributed by atoms with Crippen molar-refractivity contribution in [2.45, 2.75) is 72.4 Å². The number of hydrogen-bond donors (Lipinski definition) is 0. The second kappa shape index (κ2) is 6.97. The van der Waals surface area contributed by atoms with E-state index < -0.39 is 5.60 Å². The largest absolute Gasteiger partial charge is 0.461 e. The zero-order valence-electron chi connectivity index (χ0n) is 12.1. The highest BCUT2D eigenvalue weighted by Gasteiger charge is 2.31. The van der Waals surface area contributed by atoms with Gasteiger partial charge in [-0.05, 0) is 48.5 Å². The van der Waals surface area contributed by atoms with E-state index in [1.54, 1.807) is 13.8 Å². The molecule has 0 rings (SSSR count). The maximum absolute atomic E-state index is 11.8. The van der Waals surface area contributed by atoms with Crippen LogP contribution >= 0.6 is 0 Å². The summed E-state index contributed by atoms with van der Waals surface area (Å²) in [5.41, 5.74) is -0.911. The Labute approximate surface area is 105 Å². The zero-order valence-corrected chi connectivity index (χ0v) is 12.1. The van der Waals surface area contributed by atoms with E-state index in [0.29, 0.717) is 0 Å². The van der Waals surface area contributed by atoms with Crippen LogP contribution in [0.1, 0.15) is 48.5 Å². The summed E-state index contributed by atoms with van der Waals surface area (Å²) in [6, 6.07) is 0. The monoisotopic (exact) mass is 246 g/mol. The van der Waals surface area contributed by atoms with Crippen molar-refractivity contribution in [1.82, 2.24) is 0 Å². The van der Waals surface area contributed by atoms with Crippen molar-refractivity contribution in [3.63, 3.8) is 0 Å². The Kier molecular flexibility index (Phi) is 6.72. The van der Waals surface area contributed by atoms with Gasteiger partial charge in [-0.3, -0.25) is 0 Å². The zero-order chi connectivity index (χ0) is 13.6. The number of carbonyl (C=O) groups excluding carboxylic acids is 1. The highest BCUT2D eigenvalue weighted by Crippen LogP contribution is 2.14. The van der Waals surface area contributed by atoms with Crippen molar-refractivity contribution in [1.29, 1.82) is 0 Å². The first-order valence-corrected chi connectivity index (χ1v) is 6.15. The third-order valence-corrected chi connectivity index (χ3v) is 1.98. The van der Waals surface area contributed by atoms with Gasteiger partial charge in [0.15, 0.2) is 5.60 Å². The Morgan fingerprint density at radius 3 is 2.00 bits per heavy atom. The van der Waals surface area contributed by atoms with Crippen LogP contribution in [0.2, 0.25) is 0 Å². The van der Waals surface area contributed by atoms with E-state index in [1.807, 2.05) is 34.6 Å². The van der Waals surface area contributed by atoms with Crippen LogP contribution < -0.4 is 0 Å². The molecule has 0 N–H and O–H groups in total. The number of rotatable bonds is 7. The lowest BCUT2D eigenvalue weighted by atomic mass is 10.1. The topological polar surface area (TPSA) is 44.8 Å². The summed E-state index contributed by atoms with van der Waals surface area (Å²) in [6.07, 6.45) is 0.0133. The Morgan fingerprint density at radius 2 is 1.59 bits per heavy atom. The predicted octanol–water partition coefficient (Wildman–Crippen LogP) is 2.55. The highest BCUT2D eigenvalue weighted by molar-refractivity contribution is 5.78. The first-order valence-electron chi connectivity index (χ1n) is 6.15. The van der Waals surface area contributed by atoms with Gasteiger partial charge in [0.25, 0.3) is 0 Å². The molecular formula is C13H26O4. The Hall–Kier alpha value is -0.610. The minimum absolute atomic E-state index is 0.0121. The highest BCUT2D eigenvalue weighted by atomic mass is 16.6. The molecule has 4 nitrogen and oxygen atoms in total. The van der Waals surface area contributed by atoms with Gasteiger partial charge in [-0.15, -0.1) is 0 Å². The molecule has 1 unspecified atom stereocenters. The molecular weight excluding hydrogens is 220 g/mol. The smallest absolute Gasteiger partial charge is 0.337 e. The number of hydrogen-bond acceptors (Lipinski definition) is 4. The van der Waals surface area contributed by atoms with Gasteiger partial charge in [-0.1, -0.05) is 0 Å². The summed E-state index contributed by atoms with van der Waals surface area (Å²) in [5, 5.41) is 0. The summed E-state index contributed by atoms with van der Waals surface area (Å²) in [5.74, 6) is -0.356. The number of esters is 1. The van der Waals surface area contributed by atoms with E-state index in [4.69, 9.17) is 14.2 Å². The summed E-state index contributed by atoms with van der Waals surface area (Å²) in [6.45, 7) is 13.2. The molecule has 0 radical (unpaired) electrons. The molecule has 0 aromatic heterocycles. The van der Waals surface area contributed by atoms with Crippen molar-refractivity contribution < 1.29 is 19.0 Å². The Bertz CT molecular complexity index is 234. The normalized spacial score (nSPS) is 14.2. The molecule has 1 atom stereocenters. The van der Waals surface area contributed by atoms with E-state index in [1.165, 1.54) is 0 Å². The van der Waals surface area contributed by atoms with Crippen LogP contribution in [-0.4, -0.2) is 36.5 Å². The minimum Gasteiger partial charge on any atom is -0.461 e. The van der Waals surface area contributed by atoms with Crippen LogP contribution in [0.5, 0.6) is 0 Å². The molecule has 17 heavy (non-hydrogen) atoms. The molecule has 0 aromatic rings. The molecule has 0 fully saturated rings. The van der Waals surface area contributed by atoms with Gasteiger partial charge in [0.05, 0.1) is 18.3 Å². The van der Waals surface area contributed by atoms with Gasteiger partial charge in [0.1, 0.15) is 6.61 Å². The van der Waals surface area contributed by atoms with E-state index >= 15 is 0 Å². The molecule has 0 spiro atoms. The third-order valence-electron chi connectivity index (χ3n) is 1.98. The average molecular weight is 246 g/mol. The van der Waals surface area contributed by atoms with E-state index in [2.05, 4.69) is 0 Å². The van der Waals surface area contributed by atoms with Crippen molar-refractivity contribution >= 4 is 5.97 Å². The van der Waals surface area contributed by atoms with Gasteiger partial charge in [0, 0.05) is 0 Å².